The van der Waals surface area contributed by atoms with Crippen LogP contribution in [-0.4, -0.2) is 12.1 Å². The number of nitrogens with one attached hydrogen (secondary N) is 1. The minimum Gasteiger partial charge on any atom is -0.352 e. The Hall–Kier alpha value is -1.00. The molecule has 0 radical (unpaired) electrons. The zero-order valence-electron chi connectivity index (χ0n) is 3.97. The van der Waals surface area contributed by atoms with Crippen LogP contribution in [0.1, 0.15) is 0 Å². The first-order valence-corrected chi connectivity index (χ1v) is 1.24. The Morgan fingerprint density at radius 1 is 1.50 bits per heavy atom. The van der Waals surface area contributed by atoms with Crippen LogP contribution in [0.25, 0.3) is 0 Å². The monoisotopic (exact) mass is 137 g/mol. The highest BCUT2D eigenvalue weighted by molar-refractivity contribution is 7.59. The van der Waals surface area contributed by atoms with E-state index in [0.717, 1.165) is 6.08 Å². The van der Waals surface area contributed by atoms with Crippen molar-refractivity contribution in [2.75, 3.05) is 0 Å². The summed E-state index contributed by atoms with van der Waals surface area (Å²) in [5, 5.41) is 5.40. The molecule has 5 N–H and O–H groups in total. The number of urea groups is 1. The van der Waals surface area contributed by atoms with E-state index in [1.807, 2.05) is 0 Å². The third-order valence-electron chi connectivity index (χ3n) is 0. The van der Waals surface area contributed by atoms with Crippen molar-refractivity contribution in [2.24, 2.45) is 11.5 Å². The van der Waals surface area contributed by atoms with Crippen LogP contribution in [-0.2, 0) is 4.79 Å². The van der Waals surface area contributed by atoms with Gasteiger partial charge in [0.05, 0.1) is 0 Å². The summed E-state index contributed by atoms with van der Waals surface area (Å²) in [5.74, 6) is 0. The normalized spacial score (nSPS) is 4.00. The van der Waals surface area contributed by atoms with Crippen molar-refractivity contribution in [3.8, 4) is 0 Å². The molecule has 0 aliphatic heterocycles. The molecule has 0 aliphatic carbocycles. The summed E-state index contributed by atoms with van der Waals surface area (Å²) in [4.78, 5) is 17.3. The van der Waals surface area contributed by atoms with Gasteiger partial charge in [0.15, 0.2) is 0 Å². The number of nitrogens with two attached hydrogens (primary N) is 2. The van der Waals surface area contributed by atoms with E-state index in [0.29, 0.717) is 0 Å². The fourth-order valence-corrected chi connectivity index (χ4v) is 0. The second-order valence-electron chi connectivity index (χ2n) is 0.504. The molecule has 6 heteroatoms. The molecule has 0 saturated heterocycles. The Morgan fingerprint density at radius 2 is 1.50 bits per heavy atom. The smallest absolute Gasteiger partial charge is 0.309 e. The van der Waals surface area contributed by atoms with Gasteiger partial charge in [-0.05, 0) is 0 Å². The Balaban J connectivity index is -0.0000000575. The van der Waals surface area contributed by atoms with Crippen LogP contribution in [0, 0.1) is 5.41 Å². The van der Waals surface area contributed by atoms with E-state index in [4.69, 9.17) is 15.0 Å². The number of hydrogen-bond acceptors (Lipinski definition) is 3. The molecular formula is C2H7N3O2S. The van der Waals surface area contributed by atoms with Crippen LogP contribution in [0.5, 0.6) is 0 Å². The van der Waals surface area contributed by atoms with Gasteiger partial charge in [0.2, 0.25) is 6.08 Å². The van der Waals surface area contributed by atoms with Gasteiger partial charge in [-0.1, -0.05) is 0 Å². The molecule has 48 valence electrons. The van der Waals surface area contributed by atoms with Gasteiger partial charge in [-0.2, -0.15) is 13.5 Å². The van der Waals surface area contributed by atoms with E-state index >= 15 is 0 Å². The zero-order chi connectivity index (χ0) is 6.28. The molecule has 0 heterocycles. The first-order chi connectivity index (χ1) is 3.15. The van der Waals surface area contributed by atoms with Crippen molar-refractivity contribution in [3.05, 3.63) is 0 Å². The average molecular weight is 137 g/mol. The molecular weight excluding hydrogens is 130 g/mol. The highest BCUT2D eigenvalue weighted by Crippen LogP contribution is 1.25. The number of primary amides is 2. The van der Waals surface area contributed by atoms with Crippen molar-refractivity contribution in [1.82, 2.24) is 0 Å². The van der Waals surface area contributed by atoms with Crippen molar-refractivity contribution in [1.29, 1.82) is 5.41 Å². The molecule has 0 aromatic heterocycles. The highest BCUT2D eigenvalue weighted by Gasteiger charge is 1.60. The molecule has 2 amide bonds. The van der Waals surface area contributed by atoms with E-state index in [1.165, 1.54) is 0 Å². The van der Waals surface area contributed by atoms with Gasteiger partial charge in [0.1, 0.15) is 0 Å². The van der Waals surface area contributed by atoms with Crippen LogP contribution in [0.2, 0.25) is 0 Å². The number of rotatable bonds is 0. The Bertz CT molecular complexity index is 83.3. The summed E-state index contributed by atoms with van der Waals surface area (Å²) in [6.07, 6.45) is 0.750. The van der Waals surface area contributed by atoms with Crippen molar-refractivity contribution in [3.63, 3.8) is 0 Å². The molecule has 8 heavy (non-hydrogen) atoms. The molecule has 0 rings (SSSR count). The summed E-state index contributed by atoms with van der Waals surface area (Å²) in [6, 6.07) is -0.833. The molecule has 0 fully saturated rings. The van der Waals surface area contributed by atoms with Crippen LogP contribution < -0.4 is 11.5 Å². The number of carbonyl (C=O) groups is 1. The number of amides is 2. The second-order valence-corrected chi connectivity index (χ2v) is 0.504. The van der Waals surface area contributed by atoms with Gasteiger partial charge in [-0.25, -0.2) is 15.0 Å². The van der Waals surface area contributed by atoms with Gasteiger partial charge >= 0.3 is 6.03 Å². The molecule has 0 saturated carbocycles. The second kappa shape index (κ2) is 16.7. The third kappa shape index (κ3) is 80.0. The van der Waals surface area contributed by atoms with Crippen LogP contribution >= 0.6 is 13.5 Å². The lowest BCUT2D eigenvalue weighted by Crippen LogP contribution is -2.18. The molecule has 0 spiro atoms. The topological polar surface area (TPSA) is 110 Å². The lowest BCUT2D eigenvalue weighted by molar-refractivity contribution is 0.256. The molecule has 0 bridgehead atoms. The maximum absolute atomic E-state index is 9.00. The van der Waals surface area contributed by atoms with Crippen LogP contribution in [0.3, 0.4) is 0 Å². The van der Waals surface area contributed by atoms with E-state index < -0.39 is 6.03 Å². The molecule has 0 atom stereocenters. The van der Waals surface area contributed by atoms with Crippen molar-refractivity contribution >= 4 is 25.6 Å². The SMILES string of the molecule is N=C=O.NC(N)=O.S. The first-order valence-electron chi connectivity index (χ1n) is 1.24. The minimum absolute atomic E-state index is 0. The van der Waals surface area contributed by atoms with Crippen LogP contribution in [0.15, 0.2) is 0 Å². The standard InChI is InChI=1S/CH4N2O.CHNO.H2S/c2-1(3)4;2-1-3;/h(H4,2,3,4);2H;1H2. The first kappa shape index (κ1) is 15.8. The molecule has 0 aliphatic rings. The van der Waals surface area contributed by atoms with E-state index in [9.17, 15) is 0 Å². The Kier molecular flexibility index (Phi) is 32.8. The lowest BCUT2D eigenvalue weighted by atomic mass is 11.2. The van der Waals surface area contributed by atoms with Gasteiger partial charge in [-0.15, -0.1) is 0 Å². The van der Waals surface area contributed by atoms with Crippen molar-refractivity contribution < 1.29 is 9.59 Å². The van der Waals surface area contributed by atoms with Crippen molar-refractivity contribution in [2.45, 2.75) is 0 Å². The predicted molar refractivity (Wildman–Crippen MR) is 32.6 cm³/mol. The number of hydrogen-bond donors (Lipinski definition) is 3. The zero-order valence-corrected chi connectivity index (χ0v) is 4.97. The average Bonchev–Trinajstić information content (AvgIpc) is 1.33. The fourth-order valence-electron chi connectivity index (χ4n) is 0. The summed E-state index contributed by atoms with van der Waals surface area (Å²) in [7, 11) is 0. The molecule has 0 unspecified atom stereocenters. The largest absolute Gasteiger partial charge is 0.352 e. The maximum atomic E-state index is 9.00. The van der Waals surface area contributed by atoms with Crippen LogP contribution in [0.4, 0.5) is 4.79 Å². The fraction of sp³-hybridized carbons (Fsp3) is 0. The Morgan fingerprint density at radius 3 is 1.50 bits per heavy atom. The van der Waals surface area contributed by atoms with E-state index in [-0.39, 0.29) is 13.5 Å². The lowest BCUT2D eigenvalue weighted by Gasteiger charge is -1.62. The number of isocyanates is 1. The van der Waals surface area contributed by atoms with E-state index in [2.05, 4.69) is 11.5 Å². The molecule has 0 aromatic carbocycles. The molecule has 0 aromatic rings. The summed E-state index contributed by atoms with van der Waals surface area (Å²) in [5.41, 5.74) is 8.50. The minimum atomic E-state index is -0.833. The van der Waals surface area contributed by atoms with Gasteiger partial charge in [0, 0.05) is 0 Å². The summed E-state index contributed by atoms with van der Waals surface area (Å²) >= 11 is 0. The quantitative estimate of drug-likeness (QED) is 0.295. The van der Waals surface area contributed by atoms with E-state index in [1.54, 1.807) is 0 Å². The summed E-state index contributed by atoms with van der Waals surface area (Å²) < 4.78 is 0. The highest BCUT2D eigenvalue weighted by atomic mass is 32.1. The Labute approximate surface area is 53.0 Å². The summed E-state index contributed by atoms with van der Waals surface area (Å²) in [6.45, 7) is 0. The molecule has 5 nitrogen and oxygen atoms in total. The predicted octanol–water partition coefficient (Wildman–Crippen LogP) is -0.962. The van der Waals surface area contributed by atoms with Gasteiger partial charge in [0.25, 0.3) is 0 Å². The maximum Gasteiger partial charge on any atom is 0.309 e. The number of carbonyl (C=O) groups excluding carboxylic acids is 2. The van der Waals surface area contributed by atoms with Gasteiger partial charge < -0.3 is 11.5 Å². The third-order valence-corrected chi connectivity index (χ3v) is 0. The van der Waals surface area contributed by atoms with Gasteiger partial charge in [-0.3, -0.25) is 0 Å².